The molecule has 0 nitrogen and oxygen atoms in total. The predicted molar refractivity (Wildman–Crippen MR) is 112 cm³/mol. The largest absolute Gasteiger partial charge is 0.0619 e. The number of aryl methyl sites for hydroxylation is 1. The van der Waals surface area contributed by atoms with Crippen molar-refractivity contribution in [1.29, 1.82) is 0 Å². The van der Waals surface area contributed by atoms with Crippen molar-refractivity contribution in [2.45, 2.75) is 26.2 Å². The van der Waals surface area contributed by atoms with E-state index in [1.54, 1.807) is 0 Å². The summed E-state index contributed by atoms with van der Waals surface area (Å²) in [5.74, 6) is 0. The van der Waals surface area contributed by atoms with Gasteiger partial charge >= 0.3 is 0 Å². The molecule has 126 valence electrons. The average Bonchev–Trinajstić information content (AvgIpc) is 2.89. The Morgan fingerprint density at radius 3 is 2.19 bits per heavy atom. The first-order chi connectivity index (χ1) is 12.6. The maximum atomic E-state index is 2.38. The molecule has 0 saturated heterocycles. The summed E-state index contributed by atoms with van der Waals surface area (Å²) < 4.78 is 0. The summed E-state index contributed by atoms with van der Waals surface area (Å²) in [5.41, 5.74) is 9.72. The lowest BCUT2D eigenvalue weighted by atomic mass is 9.81. The van der Waals surface area contributed by atoms with Crippen molar-refractivity contribution < 1.29 is 0 Å². The second-order valence-electron chi connectivity index (χ2n) is 7.93. The molecule has 0 fully saturated rings. The molecule has 5 rings (SSSR count). The summed E-state index contributed by atoms with van der Waals surface area (Å²) in [6.45, 7) is 6.92. The summed E-state index contributed by atoms with van der Waals surface area (Å²) >= 11 is 0. The van der Waals surface area contributed by atoms with E-state index in [0.29, 0.717) is 0 Å². The normalized spacial score (nSPS) is 14.3. The van der Waals surface area contributed by atoms with E-state index in [9.17, 15) is 0 Å². The van der Waals surface area contributed by atoms with Crippen LogP contribution < -0.4 is 0 Å². The van der Waals surface area contributed by atoms with Gasteiger partial charge in [0.2, 0.25) is 0 Å². The van der Waals surface area contributed by atoms with Gasteiger partial charge in [-0.3, -0.25) is 0 Å². The highest BCUT2D eigenvalue weighted by molar-refractivity contribution is 6.03. The molecule has 0 spiro atoms. The Bertz CT molecular complexity index is 1160. The Labute approximate surface area is 155 Å². The molecule has 0 aliphatic heterocycles. The quantitative estimate of drug-likeness (QED) is 0.347. The number of hydrogen-bond donors (Lipinski definition) is 0. The number of hydrogen-bond acceptors (Lipinski definition) is 0. The van der Waals surface area contributed by atoms with Gasteiger partial charge in [-0.25, -0.2) is 0 Å². The van der Waals surface area contributed by atoms with Crippen LogP contribution in [0.4, 0.5) is 0 Å². The first kappa shape index (κ1) is 15.4. The van der Waals surface area contributed by atoms with E-state index in [0.717, 1.165) is 0 Å². The highest BCUT2D eigenvalue weighted by Crippen LogP contribution is 2.52. The Morgan fingerprint density at radius 1 is 0.615 bits per heavy atom. The Hall–Kier alpha value is -2.86. The Balaban J connectivity index is 1.92. The van der Waals surface area contributed by atoms with Crippen LogP contribution in [0.3, 0.4) is 0 Å². The zero-order valence-electron chi connectivity index (χ0n) is 15.5. The zero-order valence-corrected chi connectivity index (χ0v) is 15.5. The van der Waals surface area contributed by atoms with Crippen LogP contribution in [0.5, 0.6) is 0 Å². The minimum atomic E-state index is 0.0390. The first-order valence-electron chi connectivity index (χ1n) is 9.30. The van der Waals surface area contributed by atoms with E-state index in [1.807, 2.05) is 0 Å². The molecule has 0 unspecified atom stereocenters. The minimum absolute atomic E-state index is 0.0390. The van der Waals surface area contributed by atoms with Gasteiger partial charge in [0, 0.05) is 5.41 Å². The predicted octanol–water partition coefficient (Wildman–Crippen LogP) is 7.12. The van der Waals surface area contributed by atoms with Gasteiger partial charge < -0.3 is 0 Å². The monoisotopic (exact) mass is 334 g/mol. The van der Waals surface area contributed by atoms with E-state index in [2.05, 4.69) is 99.6 Å². The van der Waals surface area contributed by atoms with Crippen LogP contribution in [0.15, 0.2) is 78.9 Å². The average molecular weight is 334 g/mol. The van der Waals surface area contributed by atoms with Crippen LogP contribution in [0.2, 0.25) is 0 Å². The van der Waals surface area contributed by atoms with E-state index < -0.39 is 0 Å². The van der Waals surface area contributed by atoms with Crippen LogP contribution in [0.25, 0.3) is 33.0 Å². The summed E-state index contributed by atoms with van der Waals surface area (Å²) in [6, 6.07) is 29.0. The van der Waals surface area contributed by atoms with Crippen molar-refractivity contribution in [1.82, 2.24) is 0 Å². The number of rotatable bonds is 1. The molecule has 0 radical (unpaired) electrons. The summed E-state index contributed by atoms with van der Waals surface area (Å²) in [5, 5.41) is 2.62. The van der Waals surface area contributed by atoms with E-state index in [-0.39, 0.29) is 5.41 Å². The lowest BCUT2D eigenvalue weighted by Gasteiger charge is -2.22. The van der Waals surface area contributed by atoms with Crippen molar-refractivity contribution in [3.05, 3.63) is 95.6 Å². The maximum Gasteiger partial charge on any atom is 0.0159 e. The smallest absolute Gasteiger partial charge is 0.0159 e. The zero-order chi connectivity index (χ0) is 17.9. The number of fused-ring (bicyclic) bond motifs is 4. The van der Waals surface area contributed by atoms with Crippen molar-refractivity contribution >= 4 is 10.8 Å². The molecule has 0 aromatic heterocycles. The minimum Gasteiger partial charge on any atom is -0.0619 e. The third-order valence-corrected chi connectivity index (χ3v) is 5.91. The van der Waals surface area contributed by atoms with Crippen LogP contribution in [-0.4, -0.2) is 0 Å². The molecule has 1 aliphatic rings. The van der Waals surface area contributed by atoms with Crippen LogP contribution >= 0.6 is 0 Å². The highest BCUT2D eigenvalue weighted by Gasteiger charge is 2.36. The standard InChI is InChI=1S/C26H22/c1-17-15-22(20-13-8-10-18-9-4-5-11-19(18)20)25-21-12-6-7-14-23(21)26(2,3)24(25)16-17/h4-16H,1-3H3. The molecule has 0 N–H and O–H groups in total. The van der Waals surface area contributed by atoms with Crippen LogP contribution in [0, 0.1) is 6.92 Å². The highest BCUT2D eigenvalue weighted by atomic mass is 14.4. The fourth-order valence-electron chi connectivity index (χ4n) is 4.63. The second kappa shape index (κ2) is 5.32. The van der Waals surface area contributed by atoms with Crippen molar-refractivity contribution in [2.75, 3.05) is 0 Å². The van der Waals surface area contributed by atoms with Crippen molar-refractivity contribution in [3.8, 4) is 22.3 Å². The molecule has 0 atom stereocenters. The third-order valence-electron chi connectivity index (χ3n) is 5.91. The fraction of sp³-hybridized carbons (Fsp3) is 0.154. The topological polar surface area (TPSA) is 0 Å². The molecular weight excluding hydrogens is 312 g/mol. The van der Waals surface area contributed by atoms with Crippen LogP contribution in [0.1, 0.15) is 30.5 Å². The maximum absolute atomic E-state index is 2.38. The Morgan fingerprint density at radius 2 is 1.31 bits per heavy atom. The van der Waals surface area contributed by atoms with Crippen molar-refractivity contribution in [3.63, 3.8) is 0 Å². The van der Waals surface area contributed by atoms with Gasteiger partial charge in [0.1, 0.15) is 0 Å². The van der Waals surface area contributed by atoms with Gasteiger partial charge in [0.05, 0.1) is 0 Å². The molecule has 0 saturated carbocycles. The molecule has 0 amide bonds. The lowest BCUT2D eigenvalue weighted by molar-refractivity contribution is 0.660. The SMILES string of the molecule is Cc1cc(-c2cccc3ccccc23)c2c(c1)C(C)(C)c1ccccc1-2. The van der Waals surface area contributed by atoms with E-state index >= 15 is 0 Å². The molecule has 0 heteroatoms. The van der Waals surface area contributed by atoms with Gasteiger partial charge in [-0.1, -0.05) is 98.3 Å². The summed E-state index contributed by atoms with van der Waals surface area (Å²) in [6.07, 6.45) is 0. The van der Waals surface area contributed by atoms with Gasteiger partial charge in [0.25, 0.3) is 0 Å². The molecule has 0 heterocycles. The van der Waals surface area contributed by atoms with Crippen molar-refractivity contribution in [2.24, 2.45) is 0 Å². The molecule has 0 bridgehead atoms. The first-order valence-corrected chi connectivity index (χ1v) is 9.30. The molecule has 26 heavy (non-hydrogen) atoms. The number of benzene rings is 4. The second-order valence-corrected chi connectivity index (χ2v) is 7.93. The lowest BCUT2D eigenvalue weighted by Crippen LogP contribution is -2.15. The van der Waals surface area contributed by atoms with E-state index in [1.165, 1.54) is 49.7 Å². The van der Waals surface area contributed by atoms with E-state index in [4.69, 9.17) is 0 Å². The molecule has 4 aromatic rings. The van der Waals surface area contributed by atoms with Gasteiger partial charge in [-0.15, -0.1) is 0 Å². The Kier molecular flexibility index (Phi) is 3.15. The van der Waals surface area contributed by atoms with Gasteiger partial charge in [0.15, 0.2) is 0 Å². The molecular formula is C26H22. The van der Waals surface area contributed by atoms with Gasteiger partial charge in [-0.05, 0) is 51.1 Å². The summed E-state index contributed by atoms with van der Waals surface area (Å²) in [4.78, 5) is 0. The van der Waals surface area contributed by atoms with Crippen LogP contribution in [-0.2, 0) is 5.41 Å². The van der Waals surface area contributed by atoms with Gasteiger partial charge in [-0.2, -0.15) is 0 Å². The fourth-order valence-corrected chi connectivity index (χ4v) is 4.63. The third kappa shape index (κ3) is 2.02. The molecule has 4 aromatic carbocycles. The summed E-state index contributed by atoms with van der Waals surface area (Å²) in [7, 11) is 0. The molecule has 1 aliphatic carbocycles.